The van der Waals surface area contributed by atoms with E-state index in [1.54, 1.807) is 17.8 Å². The number of rotatable bonds is 5. The number of aromatic nitrogens is 5. The molecule has 5 rings (SSSR count). The minimum absolute atomic E-state index is 0.186. The monoisotopic (exact) mass is 369 g/mol. The van der Waals surface area contributed by atoms with E-state index in [0.29, 0.717) is 23.2 Å². The smallest absolute Gasteiger partial charge is 0.223 e. The summed E-state index contributed by atoms with van der Waals surface area (Å²) in [5.41, 5.74) is 2.17. The summed E-state index contributed by atoms with van der Waals surface area (Å²) in [5.74, 6) is 1.02. The largest absolute Gasteiger partial charge is 0.495 e. The van der Waals surface area contributed by atoms with E-state index in [0.717, 1.165) is 43.8 Å². The number of hydrogen-bond acceptors (Lipinski definition) is 7. The van der Waals surface area contributed by atoms with E-state index >= 15 is 0 Å². The maximum Gasteiger partial charge on any atom is 0.223 e. The number of halogens is 1. The number of anilines is 1. The molecule has 0 aromatic carbocycles. The predicted molar refractivity (Wildman–Crippen MR) is 97.4 cm³/mol. The standard InChI is InChI=1S/C18H20FN7O/c1-27-14-6-15-21-9-13(26(15)25-16(14)10-2-3-10)17-12(19)8-22-18(24-17)23-11-4-5-20-7-11/h6,8-11,20H,2-5,7H2,1H3,(H,22,23,24). The van der Waals surface area contributed by atoms with Crippen molar-refractivity contribution in [3.05, 3.63) is 30.0 Å². The third-order valence-electron chi connectivity index (χ3n) is 5.05. The Morgan fingerprint density at radius 3 is 2.89 bits per heavy atom. The SMILES string of the molecule is COc1cc2ncc(-c3nc(NC4CCNC4)ncc3F)n2nc1C1CC1. The highest BCUT2D eigenvalue weighted by atomic mass is 19.1. The summed E-state index contributed by atoms with van der Waals surface area (Å²) in [7, 11) is 1.63. The van der Waals surface area contributed by atoms with Gasteiger partial charge in [-0.15, -0.1) is 0 Å². The molecule has 2 fully saturated rings. The molecule has 8 nitrogen and oxygen atoms in total. The number of nitrogens with one attached hydrogen (secondary N) is 2. The van der Waals surface area contributed by atoms with Gasteiger partial charge in [-0.1, -0.05) is 0 Å². The molecule has 2 N–H and O–H groups in total. The van der Waals surface area contributed by atoms with Crippen molar-refractivity contribution in [3.8, 4) is 17.1 Å². The van der Waals surface area contributed by atoms with E-state index in [2.05, 4.69) is 25.6 Å². The Labute approximate surface area is 155 Å². The van der Waals surface area contributed by atoms with Gasteiger partial charge < -0.3 is 15.4 Å². The number of imidazole rings is 1. The Morgan fingerprint density at radius 2 is 2.15 bits per heavy atom. The fourth-order valence-electron chi connectivity index (χ4n) is 3.45. The van der Waals surface area contributed by atoms with Crippen LogP contribution in [0.3, 0.4) is 0 Å². The van der Waals surface area contributed by atoms with Gasteiger partial charge in [-0.3, -0.25) is 0 Å². The van der Waals surface area contributed by atoms with Gasteiger partial charge in [0.05, 0.1) is 19.5 Å². The van der Waals surface area contributed by atoms with Gasteiger partial charge >= 0.3 is 0 Å². The van der Waals surface area contributed by atoms with Crippen LogP contribution < -0.4 is 15.4 Å². The minimum Gasteiger partial charge on any atom is -0.495 e. The Hall–Kier alpha value is -2.81. The van der Waals surface area contributed by atoms with Gasteiger partial charge in [-0.2, -0.15) is 5.10 Å². The van der Waals surface area contributed by atoms with Crippen LogP contribution in [0.1, 0.15) is 30.9 Å². The summed E-state index contributed by atoms with van der Waals surface area (Å²) >= 11 is 0. The summed E-state index contributed by atoms with van der Waals surface area (Å²) in [6.07, 6.45) is 5.94. The van der Waals surface area contributed by atoms with Crippen molar-refractivity contribution in [2.75, 3.05) is 25.5 Å². The highest BCUT2D eigenvalue weighted by Gasteiger charge is 2.30. The average Bonchev–Trinajstić information content (AvgIpc) is 3.25. The first-order chi connectivity index (χ1) is 13.2. The molecule has 1 atom stereocenters. The van der Waals surface area contributed by atoms with E-state index in [1.165, 1.54) is 6.20 Å². The molecule has 3 aromatic heterocycles. The van der Waals surface area contributed by atoms with Gasteiger partial charge in [-0.05, 0) is 25.8 Å². The van der Waals surface area contributed by atoms with E-state index in [9.17, 15) is 4.39 Å². The Bertz CT molecular complexity index is 995. The second kappa shape index (κ2) is 6.41. The second-order valence-electron chi connectivity index (χ2n) is 7.01. The first kappa shape index (κ1) is 16.4. The molecule has 0 bridgehead atoms. The van der Waals surface area contributed by atoms with Crippen LogP contribution in [0, 0.1) is 5.82 Å². The third kappa shape index (κ3) is 2.97. The number of nitrogens with zero attached hydrogens (tertiary/aromatic N) is 5. The summed E-state index contributed by atoms with van der Waals surface area (Å²) in [4.78, 5) is 12.8. The molecule has 0 spiro atoms. The zero-order chi connectivity index (χ0) is 18.4. The zero-order valence-electron chi connectivity index (χ0n) is 14.9. The maximum absolute atomic E-state index is 14.5. The molecule has 0 amide bonds. The fraction of sp³-hybridized carbons (Fsp3) is 0.444. The first-order valence-electron chi connectivity index (χ1n) is 9.16. The van der Waals surface area contributed by atoms with E-state index in [4.69, 9.17) is 9.84 Å². The molecule has 140 valence electrons. The molecule has 3 aromatic rings. The van der Waals surface area contributed by atoms with Crippen molar-refractivity contribution < 1.29 is 9.13 Å². The minimum atomic E-state index is -0.502. The van der Waals surface area contributed by atoms with Crippen LogP contribution >= 0.6 is 0 Å². The number of ether oxygens (including phenoxy) is 1. The fourth-order valence-corrected chi connectivity index (χ4v) is 3.45. The van der Waals surface area contributed by atoms with Gasteiger partial charge in [0, 0.05) is 24.6 Å². The molecule has 2 aliphatic rings. The topological polar surface area (TPSA) is 89.3 Å². The maximum atomic E-state index is 14.5. The van der Waals surface area contributed by atoms with Crippen LogP contribution in [0.2, 0.25) is 0 Å². The Morgan fingerprint density at radius 1 is 1.26 bits per heavy atom. The molecule has 1 unspecified atom stereocenters. The second-order valence-corrected chi connectivity index (χ2v) is 7.01. The van der Waals surface area contributed by atoms with E-state index in [-0.39, 0.29) is 11.7 Å². The zero-order valence-corrected chi connectivity index (χ0v) is 14.9. The molecular weight excluding hydrogens is 349 g/mol. The summed E-state index contributed by atoms with van der Waals surface area (Å²) in [6, 6.07) is 2.08. The van der Waals surface area contributed by atoms with Gasteiger partial charge in [-0.25, -0.2) is 23.9 Å². The molecule has 0 radical (unpaired) electrons. The molecule has 4 heterocycles. The number of hydrogen-bond donors (Lipinski definition) is 2. The van der Waals surface area contributed by atoms with Crippen molar-refractivity contribution in [1.82, 2.24) is 29.9 Å². The first-order valence-corrected chi connectivity index (χ1v) is 9.16. The molecule has 1 saturated heterocycles. The van der Waals surface area contributed by atoms with Crippen molar-refractivity contribution in [3.63, 3.8) is 0 Å². The van der Waals surface area contributed by atoms with Crippen LogP contribution in [0.4, 0.5) is 10.3 Å². The van der Waals surface area contributed by atoms with Gasteiger partial charge in [0.2, 0.25) is 5.95 Å². The highest BCUT2D eigenvalue weighted by molar-refractivity contribution is 5.62. The number of fused-ring (bicyclic) bond motifs is 1. The molecule has 1 saturated carbocycles. The van der Waals surface area contributed by atoms with E-state index < -0.39 is 5.82 Å². The number of methoxy groups -OCH3 is 1. The third-order valence-corrected chi connectivity index (χ3v) is 5.05. The Balaban J connectivity index is 1.57. The van der Waals surface area contributed by atoms with Crippen LogP contribution in [0.15, 0.2) is 18.5 Å². The highest BCUT2D eigenvalue weighted by Crippen LogP contribution is 2.43. The predicted octanol–water partition coefficient (Wildman–Crippen LogP) is 1.99. The van der Waals surface area contributed by atoms with E-state index in [1.807, 2.05) is 6.07 Å². The summed E-state index contributed by atoms with van der Waals surface area (Å²) in [6.45, 7) is 1.80. The van der Waals surface area contributed by atoms with Crippen LogP contribution in [-0.4, -0.2) is 50.8 Å². The summed E-state index contributed by atoms with van der Waals surface area (Å²) in [5, 5.41) is 11.2. The molecule has 27 heavy (non-hydrogen) atoms. The summed E-state index contributed by atoms with van der Waals surface area (Å²) < 4.78 is 21.6. The van der Waals surface area contributed by atoms with Crippen LogP contribution in [-0.2, 0) is 0 Å². The van der Waals surface area contributed by atoms with Crippen molar-refractivity contribution in [2.24, 2.45) is 0 Å². The molecule has 1 aliphatic heterocycles. The lowest BCUT2D eigenvalue weighted by molar-refractivity contribution is 0.405. The van der Waals surface area contributed by atoms with Crippen molar-refractivity contribution in [1.29, 1.82) is 0 Å². The van der Waals surface area contributed by atoms with Crippen LogP contribution in [0.25, 0.3) is 17.0 Å². The quantitative estimate of drug-likeness (QED) is 0.711. The van der Waals surface area contributed by atoms with Gasteiger partial charge in [0.1, 0.15) is 22.8 Å². The van der Waals surface area contributed by atoms with Crippen molar-refractivity contribution in [2.45, 2.75) is 31.2 Å². The van der Waals surface area contributed by atoms with Gasteiger partial charge in [0.15, 0.2) is 11.5 Å². The lowest BCUT2D eigenvalue weighted by Crippen LogP contribution is -2.23. The molecular formula is C18H20FN7O. The molecule has 1 aliphatic carbocycles. The average molecular weight is 369 g/mol. The van der Waals surface area contributed by atoms with Gasteiger partial charge in [0.25, 0.3) is 0 Å². The van der Waals surface area contributed by atoms with Crippen LogP contribution in [0.5, 0.6) is 5.75 Å². The Kier molecular flexibility index (Phi) is 3.89. The normalized spacial score (nSPS) is 19.6. The lowest BCUT2D eigenvalue weighted by Gasteiger charge is -2.12. The van der Waals surface area contributed by atoms with Crippen molar-refractivity contribution >= 4 is 11.6 Å². The lowest BCUT2D eigenvalue weighted by atomic mass is 10.2. The molecule has 9 heteroatoms.